The maximum atomic E-state index is 9.16. The predicted octanol–water partition coefficient (Wildman–Crippen LogP) is 0.511. The van der Waals surface area contributed by atoms with Crippen LogP contribution in [0.25, 0.3) is 0 Å². The predicted molar refractivity (Wildman–Crippen MR) is 39.8 cm³/mol. The number of hydrogen-bond acceptors (Lipinski definition) is 2. The van der Waals surface area contributed by atoms with Crippen LogP contribution in [-0.4, -0.2) is 23.8 Å². The number of hydrogen-bond donors (Lipinski definition) is 2. The maximum absolute atomic E-state index is 9.16. The van der Waals surface area contributed by atoms with E-state index < -0.39 is 0 Å². The Hall–Kier alpha value is -0.0800. The summed E-state index contributed by atoms with van der Waals surface area (Å²) < 4.78 is 0. The van der Waals surface area contributed by atoms with E-state index in [9.17, 15) is 0 Å². The highest BCUT2D eigenvalue weighted by Crippen LogP contribution is 2.54. The lowest BCUT2D eigenvalue weighted by atomic mass is 9.81. The van der Waals surface area contributed by atoms with Crippen LogP contribution in [0, 0.1) is 5.41 Å². The van der Waals surface area contributed by atoms with Gasteiger partial charge in [-0.3, -0.25) is 0 Å². The van der Waals surface area contributed by atoms with E-state index >= 15 is 0 Å². The third-order valence-corrected chi connectivity index (χ3v) is 3.39. The summed E-state index contributed by atoms with van der Waals surface area (Å²) in [5.74, 6) is 0. The molecule has 1 atom stereocenters. The minimum absolute atomic E-state index is 0.188. The monoisotopic (exact) mass is 141 g/mol. The molecule has 1 aliphatic carbocycles. The first kappa shape index (κ1) is 6.62. The van der Waals surface area contributed by atoms with Crippen molar-refractivity contribution in [3.63, 3.8) is 0 Å². The van der Waals surface area contributed by atoms with Gasteiger partial charge in [-0.25, -0.2) is 0 Å². The fourth-order valence-corrected chi connectivity index (χ4v) is 2.17. The Labute approximate surface area is 61.6 Å². The molecule has 2 nitrogen and oxygen atoms in total. The summed E-state index contributed by atoms with van der Waals surface area (Å²) in [6.07, 6.45) is 3.68. The molecule has 0 radical (unpaired) electrons. The Morgan fingerprint density at radius 1 is 1.40 bits per heavy atom. The van der Waals surface area contributed by atoms with Gasteiger partial charge in [-0.2, -0.15) is 0 Å². The summed E-state index contributed by atoms with van der Waals surface area (Å²) in [6, 6.07) is 0. The highest BCUT2D eigenvalue weighted by Gasteiger charge is 2.58. The second kappa shape index (κ2) is 1.74. The zero-order valence-electron chi connectivity index (χ0n) is 6.48. The molecule has 10 heavy (non-hydrogen) atoms. The highest BCUT2D eigenvalue weighted by atomic mass is 16.3. The van der Waals surface area contributed by atoms with Crippen molar-refractivity contribution in [2.75, 3.05) is 13.2 Å². The van der Waals surface area contributed by atoms with Crippen molar-refractivity contribution in [2.45, 2.75) is 31.7 Å². The molecule has 1 spiro atoms. The Morgan fingerprint density at radius 3 is 2.50 bits per heavy atom. The van der Waals surface area contributed by atoms with Crippen molar-refractivity contribution < 1.29 is 5.11 Å². The molecule has 1 heterocycles. The lowest BCUT2D eigenvalue weighted by molar-refractivity contribution is 0.118. The van der Waals surface area contributed by atoms with Crippen LogP contribution >= 0.6 is 0 Å². The number of rotatable bonds is 1. The SMILES string of the molecule is CC1(CO)CCNC12CC2. The molecule has 2 rings (SSSR count). The van der Waals surface area contributed by atoms with Crippen LogP contribution in [-0.2, 0) is 0 Å². The van der Waals surface area contributed by atoms with Gasteiger partial charge in [0.25, 0.3) is 0 Å². The molecule has 58 valence electrons. The third-order valence-electron chi connectivity index (χ3n) is 3.39. The van der Waals surface area contributed by atoms with Crippen molar-refractivity contribution in [3.05, 3.63) is 0 Å². The molecule has 1 aliphatic heterocycles. The zero-order valence-corrected chi connectivity index (χ0v) is 6.48. The molecule has 1 saturated heterocycles. The summed E-state index contributed by atoms with van der Waals surface area (Å²) in [5.41, 5.74) is 0.536. The van der Waals surface area contributed by atoms with Crippen LogP contribution in [0.4, 0.5) is 0 Å². The van der Waals surface area contributed by atoms with Crippen molar-refractivity contribution in [1.29, 1.82) is 0 Å². The van der Waals surface area contributed by atoms with Gasteiger partial charge < -0.3 is 10.4 Å². The fraction of sp³-hybridized carbons (Fsp3) is 1.00. The first-order valence-electron chi connectivity index (χ1n) is 4.08. The number of aliphatic hydroxyl groups is 1. The maximum Gasteiger partial charge on any atom is 0.0502 e. The molecule has 2 aliphatic rings. The van der Waals surface area contributed by atoms with E-state index in [1.165, 1.54) is 12.8 Å². The van der Waals surface area contributed by atoms with Crippen molar-refractivity contribution in [2.24, 2.45) is 5.41 Å². The summed E-state index contributed by atoms with van der Waals surface area (Å²) in [4.78, 5) is 0. The van der Waals surface area contributed by atoms with Gasteiger partial charge in [-0.05, 0) is 25.8 Å². The van der Waals surface area contributed by atoms with Gasteiger partial charge in [0.1, 0.15) is 0 Å². The summed E-state index contributed by atoms with van der Waals surface area (Å²) in [5, 5.41) is 12.6. The highest BCUT2D eigenvalue weighted by molar-refractivity contribution is 5.16. The summed E-state index contributed by atoms with van der Waals surface area (Å²) in [7, 11) is 0. The van der Waals surface area contributed by atoms with Gasteiger partial charge in [-0.15, -0.1) is 0 Å². The zero-order chi connectivity index (χ0) is 7.24. The molecule has 0 aromatic carbocycles. The Balaban J connectivity index is 2.20. The Bertz CT molecular complexity index is 153. The normalized spacial score (nSPS) is 42.6. The van der Waals surface area contributed by atoms with Crippen molar-refractivity contribution in [3.8, 4) is 0 Å². The smallest absolute Gasteiger partial charge is 0.0502 e. The summed E-state index contributed by atoms with van der Waals surface area (Å²) in [6.45, 7) is 3.64. The third kappa shape index (κ3) is 0.611. The lowest BCUT2D eigenvalue weighted by Crippen LogP contribution is -2.39. The van der Waals surface area contributed by atoms with Crippen molar-refractivity contribution in [1.82, 2.24) is 5.32 Å². The van der Waals surface area contributed by atoms with Crippen LogP contribution in [0.15, 0.2) is 0 Å². The Morgan fingerprint density at radius 2 is 2.10 bits per heavy atom. The number of aliphatic hydroxyl groups excluding tert-OH is 1. The Kier molecular flexibility index (Phi) is 1.15. The van der Waals surface area contributed by atoms with Gasteiger partial charge in [-0.1, -0.05) is 6.92 Å². The molecule has 1 unspecified atom stereocenters. The average Bonchev–Trinajstić information content (AvgIpc) is 2.61. The van der Waals surface area contributed by atoms with Crippen LogP contribution in [0.1, 0.15) is 26.2 Å². The van der Waals surface area contributed by atoms with Crippen LogP contribution < -0.4 is 5.32 Å². The van der Waals surface area contributed by atoms with Crippen LogP contribution in [0.3, 0.4) is 0 Å². The molecule has 0 aromatic rings. The van der Waals surface area contributed by atoms with E-state index in [1.807, 2.05) is 0 Å². The van der Waals surface area contributed by atoms with Crippen LogP contribution in [0.5, 0.6) is 0 Å². The molecule has 0 bridgehead atoms. The van der Waals surface area contributed by atoms with Gasteiger partial charge in [0.2, 0.25) is 0 Å². The molecule has 1 saturated carbocycles. The van der Waals surface area contributed by atoms with E-state index in [0.29, 0.717) is 12.1 Å². The quantitative estimate of drug-likeness (QED) is 0.557. The van der Waals surface area contributed by atoms with Gasteiger partial charge in [0.15, 0.2) is 0 Å². The van der Waals surface area contributed by atoms with Gasteiger partial charge >= 0.3 is 0 Å². The molecule has 2 heteroatoms. The molecule has 0 aromatic heterocycles. The van der Waals surface area contributed by atoms with Crippen molar-refractivity contribution >= 4 is 0 Å². The topological polar surface area (TPSA) is 32.3 Å². The molecule has 2 N–H and O–H groups in total. The first-order valence-corrected chi connectivity index (χ1v) is 4.08. The van der Waals surface area contributed by atoms with E-state index in [2.05, 4.69) is 12.2 Å². The van der Waals surface area contributed by atoms with E-state index in [1.54, 1.807) is 0 Å². The van der Waals surface area contributed by atoms with Gasteiger partial charge in [0, 0.05) is 11.0 Å². The minimum Gasteiger partial charge on any atom is -0.396 e. The molecule has 0 amide bonds. The number of nitrogens with one attached hydrogen (secondary N) is 1. The summed E-state index contributed by atoms with van der Waals surface area (Å²) >= 11 is 0. The van der Waals surface area contributed by atoms with E-state index in [4.69, 9.17) is 5.11 Å². The molecule has 2 fully saturated rings. The van der Waals surface area contributed by atoms with Crippen LogP contribution in [0.2, 0.25) is 0 Å². The second-order valence-electron chi connectivity index (χ2n) is 3.98. The lowest BCUT2D eigenvalue weighted by Gasteiger charge is -2.28. The van der Waals surface area contributed by atoms with Gasteiger partial charge in [0.05, 0.1) is 6.61 Å². The first-order chi connectivity index (χ1) is 4.72. The molecular formula is C8H15NO. The minimum atomic E-state index is 0.188. The largest absolute Gasteiger partial charge is 0.396 e. The standard InChI is InChI=1S/C8H15NO/c1-7(6-10)4-5-9-8(7)2-3-8/h9-10H,2-6H2,1H3. The second-order valence-corrected chi connectivity index (χ2v) is 3.98. The molecular weight excluding hydrogens is 126 g/mol. The average molecular weight is 141 g/mol. The van der Waals surface area contributed by atoms with E-state index in [-0.39, 0.29) is 5.41 Å². The fourth-order valence-electron chi connectivity index (χ4n) is 2.17. The van der Waals surface area contributed by atoms with E-state index in [0.717, 1.165) is 13.0 Å².